The van der Waals surface area contributed by atoms with Gasteiger partial charge >= 0.3 is 0 Å². The first kappa shape index (κ1) is 12.2. The van der Waals surface area contributed by atoms with E-state index in [4.69, 9.17) is 22.1 Å². The number of nitrogens with two attached hydrogens (primary N) is 1. The van der Waals surface area contributed by atoms with Crippen LogP contribution in [0, 0.1) is 0 Å². The molecular formula is C12H15ClN2O2. The highest BCUT2D eigenvalue weighted by Gasteiger charge is 2.37. The highest BCUT2D eigenvalue weighted by atomic mass is 35.5. The second-order valence-electron chi connectivity index (χ2n) is 4.01. The van der Waals surface area contributed by atoms with Gasteiger partial charge in [-0.2, -0.15) is 0 Å². The van der Waals surface area contributed by atoms with Crippen molar-refractivity contribution in [1.82, 2.24) is 0 Å². The smallest absolute Gasteiger partial charge is 0.234 e. The predicted molar refractivity (Wildman–Crippen MR) is 67.8 cm³/mol. The molecule has 5 heteroatoms. The molecular weight excluding hydrogens is 240 g/mol. The molecule has 4 nitrogen and oxygen atoms in total. The van der Waals surface area contributed by atoms with E-state index >= 15 is 0 Å². The number of hydrogen-bond acceptors (Lipinski definition) is 3. The normalized spacial score (nSPS) is 18.5. The molecule has 0 radical (unpaired) electrons. The predicted octanol–water partition coefficient (Wildman–Crippen LogP) is 1.76. The van der Waals surface area contributed by atoms with Crippen LogP contribution in [0.3, 0.4) is 0 Å². The van der Waals surface area contributed by atoms with E-state index in [1.807, 2.05) is 6.92 Å². The number of methoxy groups -OCH3 is 1. The van der Waals surface area contributed by atoms with Crippen LogP contribution in [0.5, 0.6) is 5.75 Å². The van der Waals surface area contributed by atoms with Gasteiger partial charge in [0.25, 0.3) is 0 Å². The van der Waals surface area contributed by atoms with Crippen LogP contribution in [0.15, 0.2) is 12.1 Å². The Balaban J connectivity index is 2.61. The van der Waals surface area contributed by atoms with Crippen LogP contribution in [0.4, 0.5) is 5.69 Å². The zero-order chi connectivity index (χ0) is 12.6. The van der Waals surface area contributed by atoms with E-state index in [9.17, 15) is 4.79 Å². The third-order valence-corrected chi connectivity index (χ3v) is 3.37. The molecule has 0 aromatic heterocycles. The molecule has 1 atom stereocenters. The lowest BCUT2D eigenvalue weighted by Crippen LogP contribution is -2.33. The Morgan fingerprint density at radius 3 is 2.82 bits per heavy atom. The van der Waals surface area contributed by atoms with E-state index in [1.54, 1.807) is 24.1 Å². The van der Waals surface area contributed by atoms with Crippen LogP contribution < -0.4 is 15.4 Å². The van der Waals surface area contributed by atoms with Crippen LogP contribution in [-0.2, 0) is 4.79 Å². The molecule has 1 aliphatic heterocycles. The maximum atomic E-state index is 12.1. The van der Waals surface area contributed by atoms with Gasteiger partial charge in [0.1, 0.15) is 5.75 Å². The number of anilines is 1. The van der Waals surface area contributed by atoms with Crippen LogP contribution in [0.25, 0.3) is 0 Å². The maximum absolute atomic E-state index is 12.1. The van der Waals surface area contributed by atoms with Crippen molar-refractivity contribution in [2.75, 3.05) is 25.1 Å². The van der Waals surface area contributed by atoms with Gasteiger partial charge in [-0.05, 0) is 19.1 Å². The lowest BCUT2D eigenvalue weighted by atomic mass is 10.0. The average molecular weight is 255 g/mol. The second kappa shape index (κ2) is 4.55. The Labute approximate surface area is 105 Å². The molecule has 2 rings (SSSR count). The molecule has 1 aliphatic rings. The third kappa shape index (κ3) is 1.77. The molecule has 2 N–H and O–H groups in total. The van der Waals surface area contributed by atoms with Crippen molar-refractivity contribution in [2.45, 2.75) is 12.8 Å². The zero-order valence-corrected chi connectivity index (χ0v) is 10.6. The standard InChI is InChI=1S/C12H15ClN2O2/c1-7-10-8(13)3-4-9(17-2)11(10)15(6-5-14)12(7)16/h3-4,7H,5-6,14H2,1-2H3. The summed E-state index contributed by atoms with van der Waals surface area (Å²) < 4.78 is 5.29. The number of ether oxygens (including phenoxy) is 1. The Morgan fingerprint density at radius 2 is 2.24 bits per heavy atom. The molecule has 0 spiro atoms. The SMILES string of the molecule is COc1ccc(Cl)c2c1N(CCN)C(=O)C2C. The number of amides is 1. The summed E-state index contributed by atoms with van der Waals surface area (Å²) >= 11 is 6.16. The first-order chi connectivity index (χ1) is 8.11. The van der Waals surface area contributed by atoms with Gasteiger partial charge in [0, 0.05) is 23.7 Å². The number of nitrogens with zero attached hydrogens (tertiary/aromatic N) is 1. The topological polar surface area (TPSA) is 55.6 Å². The fourth-order valence-electron chi connectivity index (χ4n) is 2.24. The molecule has 0 bridgehead atoms. The summed E-state index contributed by atoms with van der Waals surface area (Å²) in [6.07, 6.45) is 0. The van der Waals surface area contributed by atoms with Gasteiger partial charge in [0.2, 0.25) is 5.91 Å². The average Bonchev–Trinajstić information content (AvgIpc) is 2.57. The van der Waals surface area contributed by atoms with Gasteiger partial charge in [0.15, 0.2) is 0 Å². The van der Waals surface area contributed by atoms with Crippen LogP contribution in [0.1, 0.15) is 18.4 Å². The fraction of sp³-hybridized carbons (Fsp3) is 0.417. The van der Waals surface area contributed by atoms with Crippen molar-refractivity contribution in [3.05, 3.63) is 22.7 Å². The monoisotopic (exact) mass is 254 g/mol. The van der Waals surface area contributed by atoms with E-state index in [-0.39, 0.29) is 11.8 Å². The number of fused-ring (bicyclic) bond motifs is 1. The fourth-order valence-corrected chi connectivity index (χ4v) is 2.55. The number of hydrogen-bond donors (Lipinski definition) is 1. The molecule has 0 aliphatic carbocycles. The molecule has 92 valence electrons. The molecule has 1 aromatic carbocycles. The van der Waals surface area contributed by atoms with Crippen LogP contribution in [-0.4, -0.2) is 26.1 Å². The zero-order valence-electron chi connectivity index (χ0n) is 9.87. The van der Waals surface area contributed by atoms with Crippen molar-refractivity contribution < 1.29 is 9.53 Å². The van der Waals surface area contributed by atoms with Gasteiger partial charge in [0.05, 0.1) is 18.7 Å². The summed E-state index contributed by atoms with van der Waals surface area (Å²) in [6.45, 7) is 2.74. The lowest BCUT2D eigenvalue weighted by molar-refractivity contribution is -0.118. The lowest BCUT2D eigenvalue weighted by Gasteiger charge is -2.19. The largest absolute Gasteiger partial charge is 0.495 e. The number of carbonyl (C=O) groups excluding carboxylic acids is 1. The Kier molecular flexibility index (Phi) is 3.26. The van der Waals surface area contributed by atoms with Gasteiger partial charge in [-0.15, -0.1) is 0 Å². The van der Waals surface area contributed by atoms with Crippen molar-refractivity contribution in [3.63, 3.8) is 0 Å². The van der Waals surface area contributed by atoms with Crippen LogP contribution >= 0.6 is 11.6 Å². The minimum Gasteiger partial charge on any atom is -0.495 e. The summed E-state index contributed by atoms with van der Waals surface area (Å²) in [6, 6.07) is 3.53. The number of halogens is 1. The molecule has 0 fully saturated rings. The minimum absolute atomic E-state index is 0.0249. The van der Waals surface area contributed by atoms with Gasteiger partial charge in [-0.1, -0.05) is 11.6 Å². The Morgan fingerprint density at radius 1 is 1.53 bits per heavy atom. The van der Waals surface area contributed by atoms with Crippen molar-refractivity contribution in [2.24, 2.45) is 5.73 Å². The highest BCUT2D eigenvalue weighted by Crippen LogP contribution is 2.46. The molecule has 1 heterocycles. The molecule has 1 amide bonds. The summed E-state index contributed by atoms with van der Waals surface area (Å²) in [4.78, 5) is 13.8. The summed E-state index contributed by atoms with van der Waals surface area (Å²) in [5.41, 5.74) is 7.14. The van der Waals surface area contributed by atoms with Crippen molar-refractivity contribution in [3.8, 4) is 5.75 Å². The minimum atomic E-state index is -0.237. The number of benzene rings is 1. The van der Waals surface area contributed by atoms with E-state index < -0.39 is 0 Å². The summed E-state index contributed by atoms with van der Waals surface area (Å²) in [5, 5.41) is 0.598. The first-order valence-electron chi connectivity index (χ1n) is 5.49. The first-order valence-corrected chi connectivity index (χ1v) is 5.87. The van der Waals surface area contributed by atoms with Crippen LogP contribution in [0.2, 0.25) is 5.02 Å². The van der Waals surface area contributed by atoms with Gasteiger partial charge < -0.3 is 15.4 Å². The Bertz CT molecular complexity index is 462. The van der Waals surface area contributed by atoms with E-state index in [0.717, 1.165) is 11.3 Å². The Hall–Kier alpha value is -1.26. The van der Waals surface area contributed by atoms with Crippen molar-refractivity contribution in [1.29, 1.82) is 0 Å². The molecule has 0 saturated carbocycles. The summed E-state index contributed by atoms with van der Waals surface area (Å²) in [5.74, 6) is 0.451. The molecule has 0 saturated heterocycles. The number of carbonyl (C=O) groups is 1. The van der Waals surface area contributed by atoms with E-state index in [1.165, 1.54) is 0 Å². The molecule has 1 aromatic rings. The quantitative estimate of drug-likeness (QED) is 0.894. The maximum Gasteiger partial charge on any atom is 0.234 e. The molecule has 17 heavy (non-hydrogen) atoms. The van der Waals surface area contributed by atoms with Gasteiger partial charge in [-0.3, -0.25) is 4.79 Å². The van der Waals surface area contributed by atoms with Crippen molar-refractivity contribution >= 4 is 23.2 Å². The van der Waals surface area contributed by atoms with E-state index in [2.05, 4.69) is 0 Å². The van der Waals surface area contributed by atoms with E-state index in [0.29, 0.717) is 23.9 Å². The van der Waals surface area contributed by atoms with Gasteiger partial charge in [-0.25, -0.2) is 0 Å². The molecule has 1 unspecified atom stereocenters. The highest BCUT2D eigenvalue weighted by molar-refractivity contribution is 6.33. The number of rotatable bonds is 3. The summed E-state index contributed by atoms with van der Waals surface area (Å²) in [7, 11) is 1.58. The second-order valence-corrected chi connectivity index (χ2v) is 4.42. The third-order valence-electron chi connectivity index (χ3n) is 3.04.